The highest BCUT2D eigenvalue weighted by atomic mass is 16.7. The smallest absolute Gasteiger partial charge is 0.306 e. The van der Waals surface area contributed by atoms with Gasteiger partial charge in [-0.25, -0.2) is 0 Å². The van der Waals surface area contributed by atoms with Crippen LogP contribution in [-0.4, -0.2) is 82.3 Å². The molecule has 0 aromatic heterocycles. The normalized spacial score (nSPS) is 13.2. The Morgan fingerprint density at radius 1 is 0.383 bits per heavy atom. The third-order valence-corrected chi connectivity index (χ3v) is 14.6. The molecule has 0 radical (unpaired) electrons. The Labute approximate surface area is 500 Å². The summed E-state index contributed by atoms with van der Waals surface area (Å²) < 4.78 is 22.8. The third kappa shape index (κ3) is 63.9. The number of hydrogen-bond donors (Lipinski definition) is 0. The van der Waals surface area contributed by atoms with Gasteiger partial charge >= 0.3 is 11.9 Å². The number of hydrogen-bond acceptors (Lipinski definition) is 8. The van der Waals surface area contributed by atoms with Gasteiger partial charge in [-0.15, -0.1) is 0 Å². The number of aliphatic carboxylic acids is 1. The number of rotatable bonds is 62. The summed E-state index contributed by atoms with van der Waals surface area (Å²) in [5, 5.41) is 11.8. The number of likely N-dealkylation sites (N-methyl/N-ethyl adjacent to an activating group) is 1. The SMILES string of the molecule is CC/C=C\C/C=C\C/C=C\C/C=C\C/C=C\C/C=C\CCCCCCCCCCCCCCCCCCCCC(=O)OC(COC(=O)CCCCCCCCCCC/C=C\CCCCCCCC)COC(OCC[N+](C)(C)C)C(=O)[O-]. The molecular weight excluding hydrogens is 1010 g/mol. The minimum Gasteiger partial charge on any atom is -0.545 e. The van der Waals surface area contributed by atoms with Crippen LogP contribution in [0.25, 0.3) is 0 Å². The van der Waals surface area contributed by atoms with Crippen LogP contribution in [0, 0.1) is 0 Å². The first-order chi connectivity index (χ1) is 39.6. The number of esters is 2. The second-order valence-corrected chi connectivity index (χ2v) is 23.7. The number of quaternary nitrogens is 1. The van der Waals surface area contributed by atoms with Gasteiger partial charge in [-0.05, 0) is 89.9 Å². The van der Waals surface area contributed by atoms with Crippen LogP contribution in [0.15, 0.2) is 85.1 Å². The fourth-order valence-corrected chi connectivity index (χ4v) is 9.48. The number of carboxylic acids is 1. The minimum absolute atomic E-state index is 0.147. The maximum absolute atomic E-state index is 12.9. The third-order valence-electron chi connectivity index (χ3n) is 14.6. The Morgan fingerprint density at radius 2 is 0.704 bits per heavy atom. The van der Waals surface area contributed by atoms with E-state index in [2.05, 4.69) is 98.9 Å². The van der Waals surface area contributed by atoms with Crippen molar-refractivity contribution in [2.75, 3.05) is 47.5 Å². The minimum atomic E-state index is -1.62. The molecule has 0 amide bonds. The van der Waals surface area contributed by atoms with E-state index >= 15 is 0 Å². The van der Waals surface area contributed by atoms with Gasteiger partial charge in [0.15, 0.2) is 12.4 Å². The topological polar surface area (TPSA) is 111 Å². The van der Waals surface area contributed by atoms with Crippen molar-refractivity contribution in [1.82, 2.24) is 0 Å². The van der Waals surface area contributed by atoms with Crippen molar-refractivity contribution in [1.29, 1.82) is 0 Å². The molecule has 0 aliphatic rings. The van der Waals surface area contributed by atoms with Crippen molar-refractivity contribution in [2.24, 2.45) is 0 Å². The van der Waals surface area contributed by atoms with Crippen molar-refractivity contribution in [3.8, 4) is 0 Å². The van der Waals surface area contributed by atoms with Crippen molar-refractivity contribution in [3.63, 3.8) is 0 Å². The summed E-state index contributed by atoms with van der Waals surface area (Å²) in [6.45, 7) is 4.66. The fourth-order valence-electron chi connectivity index (χ4n) is 9.48. The van der Waals surface area contributed by atoms with Crippen molar-refractivity contribution >= 4 is 17.9 Å². The van der Waals surface area contributed by atoms with Crippen LogP contribution in [0.1, 0.15) is 296 Å². The van der Waals surface area contributed by atoms with Crippen LogP contribution in [0.3, 0.4) is 0 Å². The molecule has 9 heteroatoms. The lowest BCUT2D eigenvalue weighted by molar-refractivity contribution is -0.870. The molecule has 81 heavy (non-hydrogen) atoms. The van der Waals surface area contributed by atoms with E-state index in [4.69, 9.17) is 18.9 Å². The molecule has 2 unspecified atom stereocenters. The highest BCUT2D eigenvalue weighted by Gasteiger charge is 2.22. The zero-order valence-electron chi connectivity index (χ0n) is 53.4. The van der Waals surface area contributed by atoms with Crippen molar-refractivity contribution in [3.05, 3.63) is 85.1 Å². The summed E-state index contributed by atoms with van der Waals surface area (Å²) in [6.07, 6.45) is 80.9. The molecule has 0 heterocycles. The van der Waals surface area contributed by atoms with Crippen LogP contribution >= 0.6 is 0 Å². The Morgan fingerprint density at radius 3 is 1.06 bits per heavy atom. The first-order valence-electron chi connectivity index (χ1n) is 33.7. The number of nitrogens with zero attached hydrogens (tertiary/aromatic N) is 1. The Bertz CT molecular complexity index is 1600. The Kier molecular flexibility index (Phi) is 59.8. The molecule has 9 nitrogen and oxygen atoms in total. The standard InChI is InChI=1S/C72H127NO8/c1-6-8-10-12-14-16-18-20-22-24-26-27-28-29-30-31-32-33-34-35-36-37-38-39-40-41-42-43-45-47-49-51-53-55-57-59-61-63-70(75)81-68(67-80-72(71(76)77)78-65-64-73(3,4)5)66-79-69(74)62-60-58-56-54-52-50-48-46-44-25-23-21-19-17-15-13-11-9-7-2/h8,10,14,16,20-23,26-27,29-30,32-33,68,72H,6-7,9,11-13,15,17-19,24-25,28,31,34-67H2,1-5H3/b10-8-,16-14-,22-20-,23-21-,27-26-,30-29-,33-32-. The second kappa shape index (κ2) is 62.5. The van der Waals surface area contributed by atoms with Gasteiger partial charge in [0.05, 0.1) is 40.3 Å². The molecule has 2 atom stereocenters. The predicted octanol–water partition coefficient (Wildman–Crippen LogP) is 19.4. The van der Waals surface area contributed by atoms with E-state index in [1.807, 2.05) is 21.1 Å². The summed E-state index contributed by atoms with van der Waals surface area (Å²) in [5.41, 5.74) is 0. The van der Waals surface area contributed by atoms with E-state index < -0.39 is 24.3 Å². The van der Waals surface area contributed by atoms with Crippen LogP contribution in [0.5, 0.6) is 0 Å². The van der Waals surface area contributed by atoms with Crippen molar-refractivity contribution < 1.29 is 42.9 Å². The summed E-state index contributed by atoms with van der Waals surface area (Å²) in [4.78, 5) is 37.4. The quantitative estimate of drug-likeness (QED) is 0.0195. The number of unbranched alkanes of at least 4 members (excludes halogenated alkanes) is 33. The summed E-state index contributed by atoms with van der Waals surface area (Å²) in [7, 11) is 5.93. The van der Waals surface area contributed by atoms with Gasteiger partial charge in [0.25, 0.3) is 0 Å². The lowest BCUT2D eigenvalue weighted by Gasteiger charge is -2.26. The first-order valence-corrected chi connectivity index (χ1v) is 33.7. The molecule has 0 aliphatic heterocycles. The number of ether oxygens (including phenoxy) is 4. The maximum atomic E-state index is 12.9. The predicted molar refractivity (Wildman–Crippen MR) is 343 cm³/mol. The number of allylic oxidation sites excluding steroid dienone is 14. The molecule has 0 aliphatic carbocycles. The lowest BCUT2D eigenvalue weighted by Crippen LogP contribution is -2.44. The number of carboxylic acid groups (broad SMARTS) is 1. The average Bonchev–Trinajstić information content (AvgIpc) is 3.44. The van der Waals surface area contributed by atoms with E-state index in [-0.39, 0.29) is 32.2 Å². The monoisotopic (exact) mass is 1130 g/mol. The summed E-state index contributed by atoms with van der Waals surface area (Å²) >= 11 is 0. The van der Waals surface area contributed by atoms with E-state index in [0.29, 0.717) is 23.9 Å². The summed E-state index contributed by atoms with van der Waals surface area (Å²) in [6, 6.07) is 0. The van der Waals surface area contributed by atoms with E-state index in [9.17, 15) is 19.5 Å². The largest absolute Gasteiger partial charge is 0.545 e. The Hall–Kier alpha value is -3.53. The van der Waals surface area contributed by atoms with Gasteiger partial charge in [-0.2, -0.15) is 0 Å². The molecule has 0 rings (SSSR count). The molecule has 0 saturated carbocycles. The zero-order valence-corrected chi connectivity index (χ0v) is 53.4. The summed E-state index contributed by atoms with van der Waals surface area (Å²) in [5.74, 6) is -2.27. The molecule has 0 fully saturated rings. The highest BCUT2D eigenvalue weighted by molar-refractivity contribution is 5.70. The fraction of sp³-hybridized carbons (Fsp3) is 0.764. The number of carbonyl (C=O) groups excluding carboxylic acids is 3. The van der Waals surface area contributed by atoms with E-state index in [1.54, 1.807) is 0 Å². The molecular formula is C72H127NO8. The lowest BCUT2D eigenvalue weighted by atomic mass is 10.0. The molecule has 0 aromatic rings. The Balaban J connectivity index is 4.06. The first kappa shape index (κ1) is 77.5. The zero-order chi connectivity index (χ0) is 59.1. The van der Waals surface area contributed by atoms with Gasteiger partial charge in [-0.3, -0.25) is 9.59 Å². The van der Waals surface area contributed by atoms with Crippen LogP contribution < -0.4 is 5.11 Å². The van der Waals surface area contributed by atoms with E-state index in [1.165, 1.54) is 193 Å². The molecule has 468 valence electrons. The van der Waals surface area contributed by atoms with Gasteiger partial charge in [0, 0.05) is 12.8 Å². The van der Waals surface area contributed by atoms with Crippen LogP contribution in [0.2, 0.25) is 0 Å². The van der Waals surface area contributed by atoms with Gasteiger partial charge in [0.2, 0.25) is 0 Å². The van der Waals surface area contributed by atoms with Crippen molar-refractivity contribution in [2.45, 2.75) is 309 Å². The number of carbonyl (C=O) groups is 3. The molecule has 0 bridgehead atoms. The molecule has 0 aromatic carbocycles. The molecule has 0 N–H and O–H groups in total. The van der Waals surface area contributed by atoms with Crippen LogP contribution in [0.4, 0.5) is 0 Å². The maximum Gasteiger partial charge on any atom is 0.306 e. The second-order valence-electron chi connectivity index (χ2n) is 23.7. The van der Waals surface area contributed by atoms with E-state index in [0.717, 1.165) is 70.6 Å². The molecule has 0 saturated heterocycles. The van der Waals surface area contributed by atoms with Gasteiger partial charge < -0.3 is 33.3 Å². The van der Waals surface area contributed by atoms with Gasteiger partial charge in [0.1, 0.15) is 13.2 Å². The molecule has 0 spiro atoms. The van der Waals surface area contributed by atoms with Crippen LogP contribution in [-0.2, 0) is 33.3 Å². The average molecular weight is 1130 g/mol. The van der Waals surface area contributed by atoms with Gasteiger partial charge in [-0.1, -0.05) is 279 Å². The highest BCUT2D eigenvalue weighted by Crippen LogP contribution is 2.17.